The number of fused-ring (bicyclic) bond motifs is 2. The lowest BCUT2D eigenvalue weighted by Gasteiger charge is -2.30. The van der Waals surface area contributed by atoms with Crippen LogP contribution in [0.25, 0.3) is 5.57 Å². The molecule has 0 N–H and O–H groups in total. The van der Waals surface area contributed by atoms with Gasteiger partial charge in [0.2, 0.25) is 11.9 Å². The second-order valence-corrected chi connectivity index (χ2v) is 10.2. The first kappa shape index (κ1) is 23.7. The molecule has 37 heavy (non-hydrogen) atoms. The number of alkyl halides is 3. The van der Waals surface area contributed by atoms with Crippen LogP contribution < -0.4 is 4.90 Å². The molecule has 0 radical (unpaired) electrons. The standard InChI is InChI=1S/C27H27F3N6O/c1-16-10-17(2)33-26(32-16)36-13-18-11-35(12-19(18)14-36)25(37)23-20(15-34-9-4-3-7-22(23)34)24-21(27(28,29)30)6-5-8-31-24/h3-10,15,18-19,22-23H,11-14H2,1-2H3/t18-,19+,22?,23?. The Balaban J connectivity index is 1.25. The highest BCUT2D eigenvalue weighted by Crippen LogP contribution is 2.44. The van der Waals surface area contributed by atoms with Crippen molar-refractivity contribution in [2.24, 2.45) is 17.8 Å². The number of rotatable bonds is 3. The Labute approximate surface area is 213 Å². The Morgan fingerprint density at radius 2 is 1.73 bits per heavy atom. The normalized spacial score (nSPS) is 26.5. The zero-order valence-corrected chi connectivity index (χ0v) is 20.6. The van der Waals surface area contributed by atoms with E-state index in [-0.39, 0.29) is 29.5 Å². The Bertz CT molecular complexity index is 1300. The summed E-state index contributed by atoms with van der Waals surface area (Å²) in [5.74, 6) is 0.327. The summed E-state index contributed by atoms with van der Waals surface area (Å²) in [5.41, 5.74) is 1.14. The van der Waals surface area contributed by atoms with Crippen molar-refractivity contribution < 1.29 is 18.0 Å². The lowest BCUT2D eigenvalue weighted by Crippen LogP contribution is -2.43. The van der Waals surface area contributed by atoms with E-state index in [2.05, 4.69) is 19.9 Å². The second-order valence-electron chi connectivity index (χ2n) is 10.2. The van der Waals surface area contributed by atoms with Gasteiger partial charge in [0, 0.05) is 73.6 Å². The van der Waals surface area contributed by atoms with Crippen molar-refractivity contribution in [3.63, 3.8) is 0 Å². The number of hydrogen-bond acceptors (Lipinski definition) is 6. The van der Waals surface area contributed by atoms with Crippen molar-refractivity contribution >= 4 is 17.4 Å². The Kier molecular flexibility index (Phi) is 5.58. The van der Waals surface area contributed by atoms with E-state index in [1.54, 1.807) is 12.4 Å². The fourth-order valence-electron chi connectivity index (χ4n) is 6.10. The van der Waals surface area contributed by atoms with Crippen LogP contribution in [0.2, 0.25) is 0 Å². The van der Waals surface area contributed by atoms with Gasteiger partial charge in [-0.25, -0.2) is 9.97 Å². The fourth-order valence-corrected chi connectivity index (χ4v) is 6.10. The molecule has 0 saturated carbocycles. The van der Waals surface area contributed by atoms with E-state index < -0.39 is 17.7 Å². The number of likely N-dealkylation sites (tertiary alicyclic amines) is 1. The molecule has 6 rings (SSSR count). The Hall–Kier alpha value is -3.69. The van der Waals surface area contributed by atoms with E-state index in [0.717, 1.165) is 36.5 Å². The molecule has 2 aromatic rings. The minimum absolute atomic E-state index is 0.152. The summed E-state index contributed by atoms with van der Waals surface area (Å²) in [5, 5.41) is 0. The number of amides is 1. The van der Waals surface area contributed by atoms with Gasteiger partial charge in [-0.3, -0.25) is 9.78 Å². The van der Waals surface area contributed by atoms with E-state index in [9.17, 15) is 18.0 Å². The van der Waals surface area contributed by atoms with Crippen LogP contribution in [0, 0.1) is 31.6 Å². The van der Waals surface area contributed by atoms with Gasteiger partial charge < -0.3 is 14.7 Å². The van der Waals surface area contributed by atoms with Gasteiger partial charge in [0.1, 0.15) is 0 Å². The van der Waals surface area contributed by atoms with E-state index >= 15 is 0 Å². The first-order valence-corrected chi connectivity index (χ1v) is 12.4. The van der Waals surface area contributed by atoms with Crippen molar-refractivity contribution in [2.45, 2.75) is 26.1 Å². The third-order valence-electron chi connectivity index (χ3n) is 7.69. The van der Waals surface area contributed by atoms with Crippen molar-refractivity contribution in [1.82, 2.24) is 24.8 Å². The Morgan fingerprint density at radius 3 is 2.41 bits per heavy atom. The molecule has 2 aromatic heterocycles. The third kappa shape index (κ3) is 4.18. The number of anilines is 1. The molecule has 192 valence electrons. The summed E-state index contributed by atoms with van der Waals surface area (Å²) in [6.07, 6.45) is 5.72. The average Bonchev–Trinajstić information content (AvgIpc) is 3.54. The lowest BCUT2D eigenvalue weighted by molar-refractivity contribution is -0.138. The zero-order chi connectivity index (χ0) is 25.9. The summed E-state index contributed by atoms with van der Waals surface area (Å²) in [4.78, 5) is 33.1. The maximum Gasteiger partial charge on any atom is 0.418 e. The highest BCUT2D eigenvalue weighted by atomic mass is 19.4. The molecule has 4 atom stereocenters. The molecule has 0 bridgehead atoms. The quantitative estimate of drug-likeness (QED) is 0.628. The number of nitrogens with zero attached hydrogens (tertiary/aromatic N) is 6. The number of carbonyl (C=O) groups excluding carboxylic acids is 1. The van der Waals surface area contributed by atoms with Crippen LogP contribution in [0.4, 0.5) is 19.1 Å². The highest BCUT2D eigenvalue weighted by Gasteiger charge is 2.49. The summed E-state index contributed by atoms with van der Waals surface area (Å²) in [6, 6.07) is 3.87. The van der Waals surface area contributed by atoms with Gasteiger partial charge >= 0.3 is 6.18 Å². The highest BCUT2D eigenvalue weighted by molar-refractivity contribution is 5.94. The molecule has 4 aliphatic heterocycles. The SMILES string of the molecule is Cc1cc(C)nc(N2C[C@H]3CN(C(=O)C4C(c5ncccc5C(F)(F)F)=CN5C=CC=CC45)C[C@H]3C2)n1. The molecule has 1 amide bonds. The smallest absolute Gasteiger partial charge is 0.346 e. The molecule has 2 fully saturated rings. The molecule has 0 aliphatic carbocycles. The minimum atomic E-state index is -4.57. The van der Waals surface area contributed by atoms with Crippen molar-refractivity contribution in [2.75, 3.05) is 31.1 Å². The van der Waals surface area contributed by atoms with E-state index in [1.165, 1.54) is 12.3 Å². The van der Waals surface area contributed by atoms with Crippen molar-refractivity contribution in [3.05, 3.63) is 77.7 Å². The predicted molar refractivity (Wildman–Crippen MR) is 132 cm³/mol. The number of pyridine rings is 1. The van der Waals surface area contributed by atoms with E-state index in [1.807, 2.05) is 47.9 Å². The molecular weight excluding hydrogens is 481 g/mol. The molecule has 7 nitrogen and oxygen atoms in total. The monoisotopic (exact) mass is 508 g/mol. The van der Waals surface area contributed by atoms with Crippen LogP contribution in [0.5, 0.6) is 0 Å². The molecule has 4 aliphatic rings. The Morgan fingerprint density at radius 1 is 1.03 bits per heavy atom. The predicted octanol–water partition coefficient (Wildman–Crippen LogP) is 3.83. The van der Waals surface area contributed by atoms with Gasteiger partial charge in [0.05, 0.1) is 23.2 Å². The molecule has 2 unspecified atom stereocenters. The molecule has 2 saturated heterocycles. The molecule has 6 heterocycles. The number of aromatic nitrogens is 3. The first-order valence-electron chi connectivity index (χ1n) is 12.4. The average molecular weight is 509 g/mol. The van der Waals surface area contributed by atoms with E-state index in [0.29, 0.717) is 18.7 Å². The molecule has 10 heteroatoms. The van der Waals surface area contributed by atoms with Gasteiger partial charge in [0.25, 0.3) is 0 Å². The first-order chi connectivity index (χ1) is 17.7. The van der Waals surface area contributed by atoms with Crippen molar-refractivity contribution in [1.29, 1.82) is 0 Å². The van der Waals surface area contributed by atoms with Gasteiger partial charge in [-0.1, -0.05) is 12.2 Å². The topological polar surface area (TPSA) is 65.5 Å². The van der Waals surface area contributed by atoms with Gasteiger partial charge in [-0.05, 0) is 38.1 Å². The van der Waals surface area contributed by atoms with Gasteiger partial charge in [-0.15, -0.1) is 0 Å². The third-order valence-corrected chi connectivity index (χ3v) is 7.69. The summed E-state index contributed by atoms with van der Waals surface area (Å²) < 4.78 is 41.6. The number of hydrogen-bond donors (Lipinski definition) is 0. The van der Waals surface area contributed by atoms with Crippen LogP contribution in [0.3, 0.4) is 0 Å². The van der Waals surface area contributed by atoms with Crippen LogP contribution >= 0.6 is 0 Å². The van der Waals surface area contributed by atoms with Crippen molar-refractivity contribution in [3.8, 4) is 0 Å². The zero-order valence-electron chi connectivity index (χ0n) is 20.6. The number of halogens is 3. The molecule has 0 spiro atoms. The van der Waals surface area contributed by atoms with Crippen LogP contribution in [0.1, 0.15) is 22.6 Å². The van der Waals surface area contributed by atoms with E-state index in [4.69, 9.17) is 0 Å². The minimum Gasteiger partial charge on any atom is -0.346 e. The van der Waals surface area contributed by atoms with Crippen LogP contribution in [-0.2, 0) is 11.0 Å². The summed E-state index contributed by atoms with van der Waals surface area (Å²) >= 11 is 0. The summed E-state index contributed by atoms with van der Waals surface area (Å²) in [7, 11) is 0. The number of allylic oxidation sites excluding steroid dienone is 2. The largest absolute Gasteiger partial charge is 0.418 e. The van der Waals surface area contributed by atoms with Gasteiger partial charge in [-0.2, -0.15) is 13.2 Å². The molecular formula is C27H27F3N6O. The fraction of sp³-hybridized carbons (Fsp3) is 0.407. The van der Waals surface area contributed by atoms with Gasteiger partial charge in [0.15, 0.2) is 0 Å². The second kappa shape index (κ2) is 8.71. The number of carbonyl (C=O) groups is 1. The maximum absolute atomic E-state index is 14.0. The maximum atomic E-state index is 14.0. The number of aryl methyl sites for hydroxylation is 2. The van der Waals surface area contributed by atoms with Crippen LogP contribution in [0.15, 0.2) is 55.0 Å². The van der Waals surface area contributed by atoms with Crippen LogP contribution in [-0.4, -0.2) is 62.9 Å². The lowest BCUT2D eigenvalue weighted by atomic mass is 9.88. The summed E-state index contributed by atoms with van der Waals surface area (Å²) in [6.45, 7) is 6.53. The molecule has 0 aromatic carbocycles.